The molecule has 4 heterocycles. The summed E-state index contributed by atoms with van der Waals surface area (Å²) >= 11 is 1.80. The van der Waals surface area contributed by atoms with Gasteiger partial charge in [-0.05, 0) is 59.7 Å². The highest BCUT2D eigenvalue weighted by Gasteiger charge is 2.20. The van der Waals surface area contributed by atoms with E-state index < -0.39 is 6.04 Å². The Morgan fingerprint density at radius 2 is 1.25 bits per heavy atom. The summed E-state index contributed by atoms with van der Waals surface area (Å²) in [5.74, 6) is 1.49. The van der Waals surface area contributed by atoms with Crippen molar-refractivity contribution < 1.29 is 6.85 Å². The van der Waals surface area contributed by atoms with Crippen LogP contribution in [0.1, 0.15) is 6.85 Å². The van der Waals surface area contributed by atoms with Crippen LogP contribution in [0.15, 0.2) is 170 Å². The molecule has 0 atom stereocenters. The first kappa shape index (κ1) is 23.7. The third-order valence-electron chi connectivity index (χ3n) is 9.88. The van der Waals surface area contributed by atoms with Crippen molar-refractivity contribution in [1.82, 2.24) is 19.1 Å². The van der Waals surface area contributed by atoms with E-state index in [-0.39, 0.29) is 29.7 Å². The zero-order chi connectivity index (χ0) is 37.8. The molecular weight excluding hydrogens is 641 g/mol. The van der Waals surface area contributed by atoms with Crippen LogP contribution in [0.5, 0.6) is 0 Å². The van der Waals surface area contributed by atoms with E-state index in [0.717, 1.165) is 49.9 Å². The van der Waals surface area contributed by atoms with Crippen molar-refractivity contribution in [1.29, 1.82) is 0 Å². The van der Waals surface area contributed by atoms with Crippen molar-refractivity contribution in [3.63, 3.8) is 0 Å². The lowest BCUT2D eigenvalue weighted by molar-refractivity contribution is 1.04. The van der Waals surface area contributed by atoms with E-state index in [9.17, 15) is 0 Å². The van der Waals surface area contributed by atoms with Gasteiger partial charge in [0.15, 0.2) is 5.82 Å². The number of para-hydroxylation sites is 2. The van der Waals surface area contributed by atoms with Gasteiger partial charge >= 0.3 is 0 Å². The Bertz CT molecular complexity index is 3390. The zero-order valence-electron chi connectivity index (χ0n) is 32.0. The van der Waals surface area contributed by atoms with E-state index in [1.807, 2.05) is 72.9 Å². The van der Waals surface area contributed by atoms with Crippen LogP contribution in [-0.2, 0) is 0 Å². The number of thiophene rings is 1. The quantitative estimate of drug-likeness (QED) is 0.186. The van der Waals surface area contributed by atoms with Crippen LogP contribution in [-0.4, -0.2) is 19.1 Å². The molecule has 0 fully saturated rings. The monoisotopic (exact) mass is 673 g/mol. The van der Waals surface area contributed by atoms with E-state index in [2.05, 4.69) is 80.8 Å². The Morgan fingerprint density at radius 3 is 2.08 bits per heavy atom. The molecule has 4 aromatic heterocycles. The maximum absolute atomic E-state index is 8.50. The third-order valence-corrected chi connectivity index (χ3v) is 11.1. The Labute approximate surface area is 304 Å². The van der Waals surface area contributed by atoms with E-state index in [1.54, 1.807) is 11.3 Å². The van der Waals surface area contributed by atoms with Crippen molar-refractivity contribution in [2.75, 3.05) is 0 Å². The van der Waals surface area contributed by atoms with Gasteiger partial charge in [0, 0.05) is 59.2 Å². The number of hydrogen-bond acceptors (Lipinski definition) is 3. The third kappa shape index (κ3) is 4.25. The highest BCUT2D eigenvalue weighted by molar-refractivity contribution is 7.26. The molecule has 11 rings (SSSR count). The fourth-order valence-electron chi connectivity index (χ4n) is 7.64. The van der Waals surface area contributed by atoms with Crippen molar-refractivity contribution in [2.45, 2.75) is 0 Å². The van der Waals surface area contributed by atoms with Crippen molar-refractivity contribution in [3.8, 4) is 34.0 Å². The van der Waals surface area contributed by atoms with Crippen LogP contribution in [0.25, 0.3) is 97.8 Å². The minimum absolute atomic E-state index is 0.195. The second-order valence-electron chi connectivity index (χ2n) is 12.7. The minimum atomic E-state index is -0.395. The summed E-state index contributed by atoms with van der Waals surface area (Å²) in [4.78, 5) is 9.66. The summed E-state index contributed by atoms with van der Waals surface area (Å²) < 4.78 is 48.2. The Balaban J connectivity index is 1.12. The molecule has 0 amide bonds. The van der Waals surface area contributed by atoms with Gasteiger partial charge < -0.3 is 4.57 Å². The largest absolute Gasteiger partial charge is 0.309 e. The molecule has 238 valence electrons. The van der Waals surface area contributed by atoms with Gasteiger partial charge in [0.1, 0.15) is 5.82 Å². The predicted octanol–water partition coefficient (Wildman–Crippen LogP) is 12.4. The molecule has 4 nitrogen and oxygen atoms in total. The van der Waals surface area contributed by atoms with Gasteiger partial charge in [0.05, 0.1) is 28.9 Å². The molecule has 5 heteroatoms. The molecule has 0 spiro atoms. The summed E-state index contributed by atoms with van der Waals surface area (Å²) in [5.41, 5.74) is 6.94. The van der Waals surface area contributed by atoms with Crippen LogP contribution in [0.2, 0.25) is 0 Å². The smallest absolute Gasteiger partial charge is 0.161 e. The molecule has 0 unspecified atom stereocenters. The van der Waals surface area contributed by atoms with Crippen molar-refractivity contribution >= 4 is 75.1 Å². The standard InChI is InChI=1S/C46H28N4S/c1-3-11-29(12-4-1)30-19-21-32(22-20-30)49-38-17-9-7-15-33(38)36-27-37-34-23-24-40-44(45(34)51-42(37)28-41(36)49)35-16-8-10-18-39(35)50(40)43-25-26-47-46(48-43)31-13-5-2-6-14-31/h1-28H/i1D,3D,4D,11D,12D. The van der Waals surface area contributed by atoms with Gasteiger partial charge in [-0.1, -0.05) is 115 Å². The number of rotatable bonds is 4. The Morgan fingerprint density at radius 1 is 0.510 bits per heavy atom. The molecule has 0 aliphatic rings. The van der Waals surface area contributed by atoms with Gasteiger partial charge in [0.2, 0.25) is 0 Å². The molecule has 0 aliphatic heterocycles. The molecular formula is C46H28N4S. The van der Waals surface area contributed by atoms with Crippen molar-refractivity contribution in [3.05, 3.63) is 170 Å². The highest BCUT2D eigenvalue weighted by Crippen LogP contribution is 2.45. The molecule has 51 heavy (non-hydrogen) atoms. The van der Waals surface area contributed by atoms with Gasteiger partial charge in [-0.25, -0.2) is 9.97 Å². The minimum Gasteiger partial charge on any atom is -0.309 e. The number of aromatic nitrogens is 4. The second kappa shape index (κ2) is 11.0. The lowest BCUT2D eigenvalue weighted by Crippen LogP contribution is -2.00. The van der Waals surface area contributed by atoms with Gasteiger partial charge in [-0.2, -0.15) is 0 Å². The van der Waals surface area contributed by atoms with E-state index in [1.165, 1.54) is 30.9 Å². The van der Waals surface area contributed by atoms with Crippen LogP contribution < -0.4 is 0 Å². The zero-order valence-corrected chi connectivity index (χ0v) is 27.8. The van der Waals surface area contributed by atoms with Gasteiger partial charge in [0.25, 0.3) is 0 Å². The summed E-state index contributed by atoms with van der Waals surface area (Å²) in [7, 11) is 0. The fourth-order valence-corrected chi connectivity index (χ4v) is 8.92. The van der Waals surface area contributed by atoms with E-state index in [4.69, 9.17) is 11.8 Å². The van der Waals surface area contributed by atoms with Gasteiger partial charge in [-0.15, -0.1) is 11.3 Å². The average Bonchev–Trinajstić information content (AvgIpc) is 3.89. The summed E-state index contributed by atoms with van der Waals surface area (Å²) in [6, 6.07) is 44.2. The normalized spacial score (nSPS) is 13.3. The van der Waals surface area contributed by atoms with Gasteiger partial charge in [-0.3, -0.25) is 4.57 Å². The number of hydrogen-bond donors (Lipinski definition) is 0. The van der Waals surface area contributed by atoms with Crippen LogP contribution in [0.3, 0.4) is 0 Å². The Hall–Kier alpha value is -6.56. The average molecular weight is 674 g/mol. The molecule has 0 radical (unpaired) electrons. The summed E-state index contributed by atoms with van der Waals surface area (Å²) in [6.07, 6.45) is 1.83. The van der Waals surface area contributed by atoms with Crippen LogP contribution in [0.4, 0.5) is 0 Å². The Kier molecular flexibility index (Phi) is 5.11. The van der Waals surface area contributed by atoms with E-state index in [0.29, 0.717) is 11.4 Å². The van der Waals surface area contributed by atoms with E-state index >= 15 is 0 Å². The first-order chi connectivity index (χ1) is 27.4. The fraction of sp³-hybridized carbons (Fsp3) is 0. The SMILES string of the molecule is [2H]c1c([2H])c([2H])c(-c2ccc(-n3c4ccccc4c4cc5c(cc43)sc3c5ccc4c3c3ccccc3n4-c3ccnc(-c4ccccc4)n3)cc2)c([2H])c1[2H]. The molecule has 0 aliphatic carbocycles. The molecule has 0 bridgehead atoms. The topological polar surface area (TPSA) is 35.6 Å². The summed E-state index contributed by atoms with van der Waals surface area (Å²) in [6.45, 7) is 0. The number of fused-ring (bicyclic) bond motifs is 10. The molecule has 11 aromatic rings. The predicted molar refractivity (Wildman–Crippen MR) is 214 cm³/mol. The van der Waals surface area contributed by atoms with Crippen LogP contribution in [0, 0.1) is 0 Å². The first-order valence-electron chi connectivity index (χ1n) is 19.3. The molecule has 0 saturated carbocycles. The lowest BCUT2D eigenvalue weighted by atomic mass is 10.1. The maximum atomic E-state index is 8.50. The number of nitrogens with zero attached hydrogens (tertiary/aromatic N) is 4. The lowest BCUT2D eigenvalue weighted by Gasteiger charge is -2.09. The number of benzene rings is 7. The molecule has 7 aromatic carbocycles. The molecule has 0 N–H and O–H groups in total. The molecule has 0 saturated heterocycles. The summed E-state index contributed by atoms with van der Waals surface area (Å²) in [5, 5.41) is 7.03. The first-order valence-corrected chi connectivity index (χ1v) is 17.6. The maximum Gasteiger partial charge on any atom is 0.161 e. The second-order valence-corrected chi connectivity index (χ2v) is 13.7. The van der Waals surface area contributed by atoms with Crippen LogP contribution >= 0.6 is 11.3 Å². The van der Waals surface area contributed by atoms with Crippen molar-refractivity contribution in [2.24, 2.45) is 0 Å². The highest BCUT2D eigenvalue weighted by atomic mass is 32.1.